The van der Waals surface area contributed by atoms with Crippen molar-refractivity contribution < 1.29 is 0 Å². The largest absolute Gasteiger partial charge is 0.256 e. The molecule has 0 N–H and O–H groups in total. The van der Waals surface area contributed by atoms with Crippen molar-refractivity contribution in [3.05, 3.63) is 71.5 Å². The van der Waals surface area contributed by atoms with E-state index < -0.39 is 0 Å². The summed E-state index contributed by atoms with van der Waals surface area (Å²) in [6.07, 6.45) is 1.80. The monoisotopic (exact) mass is 280 g/mol. The van der Waals surface area contributed by atoms with E-state index in [1.165, 1.54) is 0 Å². The van der Waals surface area contributed by atoms with Crippen LogP contribution in [0.4, 0.5) is 0 Å². The number of rotatable bonds is 2. The number of pyridine rings is 2. The van der Waals surface area contributed by atoms with Crippen LogP contribution in [0.1, 0.15) is 5.69 Å². The summed E-state index contributed by atoms with van der Waals surface area (Å²) < 4.78 is 0. The van der Waals surface area contributed by atoms with Gasteiger partial charge in [0.05, 0.1) is 11.4 Å². The molecule has 2 nitrogen and oxygen atoms in total. The Hall–Kier alpha value is -2.19. The molecule has 0 atom stereocenters. The van der Waals surface area contributed by atoms with Crippen molar-refractivity contribution in [2.75, 3.05) is 0 Å². The molecule has 0 radical (unpaired) electrons. The number of halogens is 1. The fourth-order valence-electron chi connectivity index (χ4n) is 2.12. The fourth-order valence-corrected chi connectivity index (χ4v) is 2.24. The number of benzene rings is 1. The molecule has 2 heterocycles. The minimum Gasteiger partial charge on any atom is -0.256 e. The summed E-state index contributed by atoms with van der Waals surface area (Å²) in [6.45, 7) is 1.99. The molecule has 20 heavy (non-hydrogen) atoms. The lowest BCUT2D eigenvalue weighted by molar-refractivity contribution is 1.20. The number of aromatic nitrogens is 2. The van der Waals surface area contributed by atoms with Gasteiger partial charge in [-0.1, -0.05) is 29.8 Å². The highest BCUT2D eigenvalue weighted by atomic mass is 35.5. The standard InChI is InChI=1S/C17H13ClN2/c1-12-10-14(16-4-2-3-9-19-16)11-17(20-12)13-5-7-15(18)8-6-13/h2-11H,1H3. The first-order valence-electron chi connectivity index (χ1n) is 6.38. The number of aryl methyl sites for hydroxylation is 1. The molecule has 2 aromatic heterocycles. The third kappa shape index (κ3) is 2.70. The Morgan fingerprint density at radius 3 is 2.35 bits per heavy atom. The van der Waals surface area contributed by atoms with Gasteiger partial charge in [0, 0.05) is 28.0 Å². The van der Waals surface area contributed by atoms with E-state index in [0.717, 1.165) is 33.2 Å². The summed E-state index contributed by atoms with van der Waals surface area (Å²) >= 11 is 5.93. The molecular formula is C17H13ClN2. The minimum absolute atomic E-state index is 0.728. The number of hydrogen-bond donors (Lipinski definition) is 0. The molecule has 0 aliphatic rings. The van der Waals surface area contributed by atoms with E-state index in [1.807, 2.05) is 55.5 Å². The van der Waals surface area contributed by atoms with Gasteiger partial charge in [0.2, 0.25) is 0 Å². The predicted octanol–water partition coefficient (Wildman–Crippen LogP) is 4.77. The topological polar surface area (TPSA) is 25.8 Å². The quantitative estimate of drug-likeness (QED) is 0.675. The molecule has 0 aliphatic heterocycles. The maximum absolute atomic E-state index is 5.93. The maximum Gasteiger partial charge on any atom is 0.0711 e. The first-order valence-corrected chi connectivity index (χ1v) is 6.76. The Morgan fingerprint density at radius 1 is 0.850 bits per heavy atom. The van der Waals surface area contributed by atoms with Crippen molar-refractivity contribution in [1.29, 1.82) is 0 Å². The van der Waals surface area contributed by atoms with E-state index in [1.54, 1.807) is 6.20 Å². The van der Waals surface area contributed by atoms with Crippen molar-refractivity contribution in [2.24, 2.45) is 0 Å². The zero-order valence-corrected chi connectivity index (χ0v) is 11.8. The summed E-state index contributed by atoms with van der Waals surface area (Å²) in [6, 6.07) is 17.7. The van der Waals surface area contributed by atoms with Crippen LogP contribution in [0.5, 0.6) is 0 Å². The van der Waals surface area contributed by atoms with Gasteiger partial charge in [-0.15, -0.1) is 0 Å². The molecule has 0 saturated heterocycles. The van der Waals surface area contributed by atoms with Gasteiger partial charge in [0.15, 0.2) is 0 Å². The van der Waals surface area contributed by atoms with Crippen LogP contribution >= 0.6 is 11.6 Å². The van der Waals surface area contributed by atoms with Gasteiger partial charge >= 0.3 is 0 Å². The molecule has 0 unspecified atom stereocenters. The van der Waals surface area contributed by atoms with Crippen molar-refractivity contribution in [3.8, 4) is 22.5 Å². The van der Waals surface area contributed by atoms with E-state index in [2.05, 4.69) is 16.0 Å². The minimum atomic E-state index is 0.728. The SMILES string of the molecule is Cc1cc(-c2ccccn2)cc(-c2ccc(Cl)cc2)n1. The molecule has 0 amide bonds. The molecule has 3 aromatic rings. The summed E-state index contributed by atoms with van der Waals surface area (Å²) in [4.78, 5) is 8.98. The van der Waals surface area contributed by atoms with Crippen LogP contribution in [0, 0.1) is 6.92 Å². The smallest absolute Gasteiger partial charge is 0.0711 e. The molecule has 0 fully saturated rings. The first-order chi connectivity index (χ1) is 9.72. The molecule has 98 valence electrons. The second-order valence-electron chi connectivity index (χ2n) is 4.60. The fraction of sp³-hybridized carbons (Fsp3) is 0.0588. The second-order valence-corrected chi connectivity index (χ2v) is 5.04. The number of nitrogens with zero attached hydrogens (tertiary/aromatic N) is 2. The predicted molar refractivity (Wildman–Crippen MR) is 82.7 cm³/mol. The van der Waals surface area contributed by atoms with Gasteiger partial charge in [-0.2, -0.15) is 0 Å². The van der Waals surface area contributed by atoms with Gasteiger partial charge in [-0.3, -0.25) is 9.97 Å². The normalized spacial score (nSPS) is 10.5. The van der Waals surface area contributed by atoms with Gasteiger partial charge in [-0.25, -0.2) is 0 Å². The van der Waals surface area contributed by atoms with E-state index in [-0.39, 0.29) is 0 Å². The van der Waals surface area contributed by atoms with E-state index in [4.69, 9.17) is 11.6 Å². The highest BCUT2D eigenvalue weighted by Gasteiger charge is 2.05. The van der Waals surface area contributed by atoms with Gasteiger partial charge in [0.1, 0.15) is 0 Å². The zero-order valence-electron chi connectivity index (χ0n) is 11.0. The van der Waals surface area contributed by atoms with Crippen LogP contribution < -0.4 is 0 Å². The Morgan fingerprint density at radius 2 is 1.65 bits per heavy atom. The van der Waals surface area contributed by atoms with Gasteiger partial charge in [0.25, 0.3) is 0 Å². The van der Waals surface area contributed by atoms with Crippen LogP contribution in [0.15, 0.2) is 60.8 Å². The van der Waals surface area contributed by atoms with E-state index in [0.29, 0.717) is 0 Å². The highest BCUT2D eigenvalue weighted by molar-refractivity contribution is 6.30. The molecule has 1 aromatic carbocycles. The Bertz CT molecular complexity index is 722. The lowest BCUT2D eigenvalue weighted by atomic mass is 10.1. The van der Waals surface area contributed by atoms with Gasteiger partial charge in [-0.05, 0) is 43.3 Å². The van der Waals surface area contributed by atoms with Crippen LogP contribution in [0.25, 0.3) is 22.5 Å². The van der Waals surface area contributed by atoms with Crippen LogP contribution in [0.2, 0.25) is 5.02 Å². The molecule has 3 heteroatoms. The Balaban J connectivity index is 2.09. The lowest BCUT2D eigenvalue weighted by Crippen LogP contribution is -1.90. The summed E-state index contributed by atoms with van der Waals surface area (Å²) in [5.74, 6) is 0. The van der Waals surface area contributed by atoms with E-state index in [9.17, 15) is 0 Å². The first kappa shape index (κ1) is 12.8. The maximum atomic E-state index is 5.93. The molecule has 0 aliphatic carbocycles. The zero-order chi connectivity index (χ0) is 13.9. The Kier molecular flexibility index (Phi) is 3.48. The highest BCUT2D eigenvalue weighted by Crippen LogP contribution is 2.25. The molecular weight excluding hydrogens is 268 g/mol. The van der Waals surface area contributed by atoms with Crippen molar-refractivity contribution in [1.82, 2.24) is 9.97 Å². The van der Waals surface area contributed by atoms with Crippen LogP contribution in [0.3, 0.4) is 0 Å². The molecule has 3 rings (SSSR count). The lowest BCUT2D eigenvalue weighted by Gasteiger charge is -2.07. The third-order valence-corrected chi connectivity index (χ3v) is 3.31. The third-order valence-electron chi connectivity index (χ3n) is 3.05. The second kappa shape index (κ2) is 5.43. The molecule has 0 saturated carbocycles. The summed E-state index contributed by atoms with van der Waals surface area (Å²) in [5.41, 5.74) is 4.98. The Labute approximate surface area is 123 Å². The summed E-state index contributed by atoms with van der Waals surface area (Å²) in [7, 11) is 0. The van der Waals surface area contributed by atoms with Crippen LogP contribution in [-0.4, -0.2) is 9.97 Å². The average Bonchev–Trinajstić information content (AvgIpc) is 2.48. The van der Waals surface area contributed by atoms with E-state index >= 15 is 0 Å². The molecule has 0 spiro atoms. The van der Waals surface area contributed by atoms with Crippen LogP contribution in [-0.2, 0) is 0 Å². The van der Waals surface area contributed by atoms with Crippen molar-refractivity contribution in [2.45, 2.75) is 6.92 Å². The van der Waals surface area contributed by atoms with Crippen molar-refractivity contribution >= 4 is 11.6 Å². The van der Waals surface area contributed by atoms with Crippen molar-refractivity contribution in [3.63, 3.8) is 0 Å². The molecule has 0 bridgehead atoms. The summed E-state index contributed by atoms with van der Waals surface area (Å²) in [5, 5.41) is 0.728. The number of hydrogen-bond acceptors (Lipinski definition) is 2. The van der Waals surface area contributed by atoms with Gasteiger partial charge < -0.3 is 0 Å². The average molecular weight is 281 g/mol.